The largest absolute Gasteiger partial charge is 1.00 e. The van der Waals surface area contributed by atoms with Gasteiger partial charge in [0.05, 0.1) is 53.7 Å². The average Bonchev–Trinajstić information content (AvgIpc) is 3.77. The Kier molecular flexibility index (Phi) is 24.1. The summed E-state index contributed by atoms with van der Waals surface area (Å²) in [4.78, 5) is 43.9. The van der Waals surface area contributed by atoms with Crippen molar-refractivity contribution < 1.29 is 73.7 Å². The number of nitrogens with zero attached hydrogens (tertiary/aromatic N) is 10. The molecule has 0 saturated heterocycles. The summed E-state index contributed by atoms with van der Waals surface area (Å²) in [6.07, 6.45) is 0. The summed E-state index contributed by atoms with van der Waals surface area (Å²) in [6, 6.07) is 21.9. The molecule has 27 nitrogen and oxygen atoms in total. The van der Waals surface area contributed by atoms with Crippen LogP contribution in [0.25, 0.3) is 11.4 Å². The number of aromatic hydroxyl groups is 2. The van der Waals surface area contributed by atoms with Gasteiger partial charge in [0.1, 0.15) is 33.1 Å². The first-order valence-electron chi connectivity index (χ1n) is 19.7. The number of aromatic nitrogens is 4. The molecule has 0 spiro atoms. The Bertz CT molecular complexity index is 2890. The number of hydrogen-bond donors (Lipinski definition) is 9. The van der Waals surface area contributed by atoms with Crippen LogP contribution >= 0.6 is 0 Å². The monoisotopic (exact) mass is 1020 g/mol. The van der Waals surface area contributed by atoms with E-state index in [4.69, 9.17) is 25.0 Å². The quantitative estimate of drug-likeness (QED) is 0.0158. The van der Waals surface area contributed by atoms with Gasteiger partial charge in [0.25, 0.3) is 21.5 Å². The van der Waals surface area contributed by atoms with Crippen molar-refractivity contribution in [3.8, 4) is 22.9 Å². The van der Waals surface area contributed by atoms with Crippen LogP contribution in [0.2, 0.25) is 0 Å². The summed E-state index contributed by atoms with van der Waals surface area (Å²) in [5.41, 5.74) is -1.31. The van der Waals surface area contributed by atoms with Gasteiger partial charge in [-0.2, -0.15) is 18.6 Å². The predicted molar refractivity (Wildman–Crippen MR) is 244 cm³/mol. The number of hydrogen-bond acceptors (Lipinski definition) is 22. The van der Waals surface area contributed by atoms with Gasteiger partial charge in [0, 0.05) is 61.7 Å². The molecule has 0 aliphatic rings. The number of aryl methyl sites for hydroxylation is 2. The van der Waals surface area contributed by atoms with Crippen LogP contribution in [0.4, 0.5) is 34.1 Å². The van der Waals surface area contributed by atoms with Gasteiger partial charge < -0.3 is 61.1 Å². The topological polar surface area (TPSA) is 405 Å². The van der Waals surface area contributed by atoms with E-state index in [1.165, 1.54) is 23.7 Å². The number of nitro groups is 2. The van der Waals surface area contributed by atoms with Crippen LogP contribution in [0.3, 0.4) is 0 Å². The number of nitrogens with one attached hydrogen (secondary N) is 2. The molecule has 6 rings (SSSR count). The molecule has 0 unspecified atom stereocenters. The zero-order valence-electron chi connectivity index (χ0n) is 38.5. The molecule has 0 amide bonds. The fraction of sp³-hybridized carbons (Fsp3) is 0.250. The Balaban J connectivity index is 0.00000106. The number of benzene rings is 4. The molecule has 6 aromatic rings. The van der Waals surface area contributed by atoms with Gasteiger partial charge in [-0.05, 0) is 30.3 Å². The maximum atomic E-state index is 12.5. The minimum Gasteiger partial charge on any atom is -0.505 e. The Morgan fingerprint density at radius 3 is 1.42 bits per heavy atom. The van der Waals surface area contributed by atoms with E-state index in [0.717, 1.165) is 16.8 Å². The van der Waals surface area contributed by atoms with E-state index in [-0.39, 0.29) is 75.1 Å². The van der Waals surface area contributed by atoms with Crippen LogP contribution < -0.4 is 21.8 Å². The molecule has 9 N–H and O–H groups in total. The van der Waals surface area contributed by atoms with Crippen molar-refractivity contribution in [1.82, 2.24) is 30.2 Å². The molecule has 0 fully saturated rings. The van der Waals surface area contributed by atoms with Gasteiger partial charge in [0.2, 0.25) is 0 Å². The number of rotatable bonds is 17. The smallest absolute Gasteiger partial charge is 0.505 e. The number of phenols is 2. The van der Waals surface area contributed by atoms with Crippen LogP contribution in [-0.4, -0.2) is 126 Å². The van der Waals surface area contributed by atoms with Gasteiger partial charge in [-0.1, -0.05) is 61.6 Å². The van der Waals surface area contributed by atoms with Crippen molar-refractivity contribution >= 4 is 44.2 Å². The van der Waals surface area contributed by atoms with Crippen LogP contribution in [0, 0.1) is 34.1 Å². The second-order valence-electron chi connectivity index (χ2n) is 13.2. The summed E-state index contributed by atoms with van der Waals surface area (Å²) in [5, 5.41) is 103. The molecule has 2 aromatic heterocycles. The minimum absolute atomic E-state index is 0. The number of phenolic OH excluding ortho intramolecular Hbond substituents is 2. The third-order valence-corrected chi connectivity index (χ3v) is 9.21. The first kappa shape index (κ1) is 57.8. The fourth-order valence-electron chi connectivity index (χ4n) is 5.16. The summed E-state index contributed by atoms with van der Waals surface area (Å²) in [5.74, 6) is -1.46. The van der Waals surface area contributed by atoms with Crippen molar-refractivity contribution in [3.05, 3.63) is 143 Å². The molecule has 0 radical (unpaired) electrons. The molecule has 2 heterocycles. The van der Waals surface area contributed by atoms with Gasteiger partial charge in [-0.15, -0.1) is 11.4 Å². The van der Waals surface area contributed by atoms with Gasteiger partial charge in [0.15, 0.2) is 5.75 Å². The molecule has 29 heteroatoms. The van der Waals surface area contributed by atoms with E-state index in [0.29, 0.717) is 49.3 Å². The molecule has 4 aromatic carbocycles. The van der Waals surface area contributed by atoms with Gasteiger partial charge in [-0.3, -0.25) is 24.8 Å². The van der Waals surface area contributed by atoms with E-state index >= 15 is 0 Å². The van der Waals surface area contributed by atoms with E-state index in [1.54, 1.807) is 61.5 Å². The predicted octanol–water partition coefficient (Wildman–Crippen LogP) is 3.17. The number of azo groups is 2. The molecular formula is C40H48CrN12O15S. The Hall–Kier alpha value is -7.30. The van der Waals surface area contributed by atoms with Crippen LogP contribution in [-0.2, 0) is 27.5 Å². The van der Waals surface area contributed by atoms with Crippen molar-refractivity contribution in [3.63, 3.8) is 0 Å². The number of nitro benzene ring substituents is 2. The van der Waals surface area contributed by atoms with Crippen LogP contribution in [0.1, 0.15) is 14.2 Å². The molecular weight excluding hydrogens is 973 g/mol. The number of para-hydroxylation sites is 2. The Labute approximate surface area is 404 Å². The minimum atomic E-state index is -4.98. The fourth-order valence-corrected chi connectivity index (χ4v) is 5.77. The van der Waals surface area contributed by atoms with Crippen LogP contribution in [0.15, 0.2) is 126 Å². The summed E-state index contributed by atoms with van der Waals surface area (Å²) >= 11 is 0. The van der Waals surface area contributed by atoms with Crippen LogP contribution in [0.5, 0.6) is 11.5 Å². The van der Waals surface area contributed by atoms with Gasteiger partial charge in [-0.25, -0.2) is 19.6 Å². The number of aliphatic hydroxyl groups is 4. The van der Waals surface area contributed by atoms with Gasteiger partial charge >= 0.3 is 2.85 Å². The Morgan fingerprint density at radius 2 is 1.06 bits per heavy atom. The molecule has 0 aliphatic heterocycles. The average molecular weight is 1020 g/mol. The van der Waals surface area contributed by atoms with Crippen molar-refractivity contribution in [2.24, 2.45) is 20.5 Å². The van der Waals surface area contributed by atoms with E-state index in [2.05, 4.69) is 41.3 Å². The number of aliphatic hydroxyl groups excluding tert-OH is 4. The first-order valence-corrected chi connectivity index (χ1v) is 21.1. The third kappa shape index (κ3) is 17.4. The molecule has 0 aliphatic carbocycles. The van der Waals surface area contributed by atoms with E-state index in [1.807, 2.05) is 6.07 Å². The maximum Gasteiger partial charge on any atom is 1.00 e. The SMILES string of the molecule is Cc1nn(-c2ccccc2)c(=O)[c-]1N=Nc1cc([N+](=O)[O-])cc(S(=O)(=O)O)c1O.Cc1nn(-c2ccccc2)c(=O)[c-]1N=Nc1ccc([N+](=O)[O-])cc1O.OCCNCCO.OCCNCCO.[Cr].[H+].[H+]. The normalized spacial score (nSPS) is 10.9. The number of non-ortho nitro benzene ring substituents is 2. The molecule has 69 heavy (non-hydrogen) atoms. The van der Waals surface area contributed by atoms with Crippen molar-refractivity contribution in [2.75, 3.05) is 52.6 Å². The standard InChI is InChI=1S/C16H12N5O7S.C16H12N5O4.2C4H11NO2.Cr/c1-9-14(16(23)20(19-9)10-5-3-2-4-6-10)18-17-12-7-11(21(24)25)8-13(15(12)22)29(26,27)28;1-10-15(16(23)20(19-10)11-5-3-2-4-6-11)18-17-13-8-7-12(21(24)25)9-14(13)22;2*6-3-1-5-2-4-7;/h2-8,22H,1H3,(H,26,27,28);2-9,22H,1H3;2*5-7H,1-4H2;/q2*-1;;;/p+2. The third-order valence-electron chi connectivity index (χ3n) is 8.34. The zero-order valence-corrected chi connectivity index (χ0v) is 38.6. The molecule has 370 valence electrons. The van der Waals surface area contributed by atoms with E-state index in [9.17, 15) is 48.4 Å². The van der Waals surface area contributed by atoms with Crippen molar-refractivity contribution in [2.45, 2.75) is 18.7 Å². The Morgan fingerprint density at radius 1 is 0.652 bits per heavy atom. The first-order chi connectivity index (χ1) is 32.4. The summed E-state index contributed by atoms with van der Waals surface area (Å²) in [7, 11) is -4.98. The molecule has 0 saturated carbocycles. The zero-order chi connectivity index (χ0) is 50.4. The second kappa shape index (κ2) is 28.8. The molecule has 0 bridgehead atoms. The summed E-state index contributed by atoms with van der Waals surface area (Å²) < 4.78 is 34.2. The summed E-state index contributed by atoms with van der Waals surface area (Å²) in [6.45, 7) is 5.93. The van der Waals surface area contributed by atoms with Crippen molar-refractivity contribution in [1.29, 1.82) is 0 Å². The second-order valence-corrected chi connectivity index (χ2v) is 14.6. The maximum absolute atomic E-state index is 12.5. The van der Waals surface area contributed by atoms with E-state index < -0.39 is 58.9 Å². The molecule has 0 atom stereocenters.